The number of nitrogen functional groups attached to an aromatic ring is 1. The van der Waals surface area contributed by atoms with E-state index in [1.54, 1.807) is 0 Å². The van der Waals surface area contributed by atoms with E-state index in [4.69, 9.17) is 5.73 Å². The van der Waals surface area contributed by atoms with Gasteiger partial charge in [-0.15, -0.1) is 0 Å². The van der Waals surface area contributed by atoms with Crippen LogP contribution in [0.15, 0.2) is 33.8 Å². The smallest absolute Gasteiger partial charge is 0.241 e. The first-order chi connectivity index (χ1) is 8.90. The Hall–Kier alpha value is -1.45. The molecule has 0 saturated heterocycles. The molecule has 0 spiro atoms. The zero-order chi connectivity index (χ0) is 14.0. The quantitative estimate of drug-likeness (QED) is 0.776. The van der Waals surface area contributed by atoms with Crippen LogP contribution in [-0.2, 0) is 16.6 Å². The monoisotopic (exact) mass is 348 g/mol. The van der Waals surface area contributed by atoms with Crippen molar-refractivity contribution in [3.05, 3.63) is 40.2 Å². The van der Waals surface area contributed by atoms with E-state index < -0.39 is 15.8 Å². The summed E-state index contributed by atoms with van der Waals surface area (Å²) in [6.07, 6.45) is 1.43. The molecule has 1 aromatic heterocycles. The third kappa shape index (κ3) is 3.11. The van der Waals surface area contributed by atoms with Gasteiger partial charge in [-0.25, -0.2) is 17.5 Å². The fourth-order valence-corrected chi connectivity index (χ4v) is 3.46. The maximum Gasteiger partial charge on any atom is 0.241 e. The molecule has 9 heteroatoms. The van der Waals surface area contributed by atoms with E-state index in [9.17, 15) is 12.8 Å². The van der Waals surface area contributed by atoms with Crippen LogP contribution in [0, 0.1) is 5.82 Å². The molecular formula is C10H10BrFN4O2S. The number of aromatic amines is 1. The van der Waals surface area contributed by atoms with Crippen LogP contribution in [0.1, 0.15) is 5.56 Å². The Labute approximate surface area is 117 Å². The Morgan fingerprint density at radius 1 is 1.47 bits per heavy atom. The second-order valence-corrected chi connectivity index (χ2v) is 6.30. The van der Waals surface area contributed by atoms with Crippen molar-refractivity contribution in [3.63, 3.8) is 0 Å². The molecule has 0 saturated carbocycles. The van der Waals surface area contributed by atoms with Gasteiger partial charge in [-0.1, -0.05) is 0 Å². The molecule has 1 heterocycles. The van der Waals surface area contributed by atoms with Crippen molar-refractivity contribution in [1.82, 2.24) is 14.9 Å². The van der Waals surface area contributed by atoms with E-state index in [0.29, 0.717) is 11.4 Å². The second-order valence-electron chi connectivity index (χ2n) is 3.71. The van der Waals surface area contributed by atoms with Gasteiger partial charge in [-0.2, -0.15) is 5.10 Å². The fraction of sp³-hybridized carbons (Fsp3) is 0.100. The number of aromatic nitrogens is 2. The number of nitrogens with two attached hydrogens (primary N) is 1. The van der Waals surface area contributed by atoms with Crippen LogP contribution in [0.4, 0.5) is 10.2 Å². The van der Waals surface area contributed by atoms with Crippen LogP contribution in [0.2, 0.25) is 0 Å². The normalized spacial score (nSPS) is 11.7. The van der Waals surface area contributed by atoms with Gasteiger partial charge >= 0.3 is 0 Å². The summed E-state index contributed by atoms with van der Waals surface area (Å²) in [7, 11) is -3.76. The highest BCUT2D eigenvalue weighted by molar-refractivity contribution is 9.10. The molecule has 0 aliphatic rings. The van der Waals surface area contributed by atoms with E-state index in [1.165, 1.54) is 12.3 Å². The van der Waals surface area contributed by atoms with Crippen molar-refractivity contribution >= 4 is 31.8 Å². The van der Waals surface area contributed by atoms with E-state index in [0.717, 1.165) is 12.1 Å². The van der Waals surface area contributed by atoms with Gasteiger partial charge in [-0.05, 0) is 34.1 Å². The third-order valence-corrected chi connectivity index (χ3v) is 4.77. The van der Waals surface area contributed by atoms with E-state index in [1.807, 2.05) is 0 Å². The molecule has 0 atom stereocenters. The largest absolute Gasteiger partial charge is 0.384 e. The number of hydrogen-bond acceptors (Lipinski definition) is 4. The van der Waals surface area contributed by atoms with Crippen LogP contribution in [0.25, 0.3) is 0 Å². The molecule has 0 bridgehead atoms. The van der Waals surface area contributed by atoms with Gasteiger partial charge < -0.3 is 5.73 Å². The summed E-state index contributed by atoms with van der Waals surface area (Å²) in [5, 5.41) is 6.18. The molecule has 0 fully saturated rings. The van der Waals surface area contributed by atoms with Crippen molar-refractivity contribution in [2.45, 2.75) is 11.4 Å². The Balaban J connectivity index is 2.21. The lowest BCUT2D eigenvalue weighted by atomic mass is 10.3. The topological polar surface area (TPSA) is 101 Å². The Bertz CT molecular complexity index is 701. The number of nitrogens with zero attached hydrogens (tertiary/aromatic N) is 1. The van der Waals surface area contributed by atoms with E-state index in [-0.39, 0.29) is 15.9 Å². The first-order valence-corrected chi connectivity index (χ1v) is 7.40. The number of anilines is 1. The summed E-state index contributed by atoms with van der Waals surface area (Å²) < 4.78 is 39.5. The van der Waals surface area contributed by atoms with Crippen molar-refractivity contribution in [3.8, 4) is 0 Å². The predicted octanol–water partition coefficient (Wildman–Crippen LogP) is 1.37. The standard InChI is InChI=1S/C10H10BrFN4O2S/c11-8-3-7(12)1-2-9(8)19(17,18)15-5-6-4-14-16-10(6)13/h1-4,15H,5H2,(H3,13,14,16). The minimum Gasteiger partial charge on any atom is -0.384 e. The van der Waals surface area contributed by atoms with E-state index >= 15 is 0 Å². The predicted molar refractivity (Wildman–Crippen MR) is 71.1 cm³/mol. The zero-order valence-corrected chi connectivity index (χ0v) is 11.9. The maximum atomic E-state index is 12.9. The summed E-state index contributed by atoms with van der Waals surface area (Å²) >= 11 is 3.01. The molecule has 2 aromatic rings. The van der Waals surface area contributed by atoms with Crippen molar-refractivity contribution in [2.24, 2.45) is 0 Å². The highest BCUT2D eigenvalue weighted by Gasteiger charge is 2.18. The number of nitrogens with one attached hydrogen (secondary N) is 2. The molecule has 4 N–H and O–H groups in total. The Morgan fingerprint density at radius 2 is 2.21 bits per heavy atom. The molecule has 0 unspecified atom stereocenters. The van der Waals surface area contributed by atoms with Gasteiger partial charge in [-0.3, -0.25) is 5.10 Å². The zero-order valence-electron chi connectivity index (χ0n) is 9.52. The summed E-state index contributed by atoms with van der Waals surface area (Å²) in [6.45, 7) is -0.00547. The highest BCUT2D eigenvalue weighted by Crippen LogP contribution is 2.22. The molecular weight excluding hydrogens is 339 g/mol. The number of sulfonamides is 1. The number of benzene rings is 1. The summed E-state index contributed by atoms with van der Waals surface area (Å²) in [5.41, 5.74) is 6.08. The fourth-order valence-electron chi connectivity index (χ4n) is 1.41. The summed E-state index contributed by atoms with van der Waals surface area (Å²) in [6, 6.07) is 3.34. The lowest BCUT2D eigenvalue weighted by Gasteiger charge is -2.08. The number of rotatable bonds is 4. The average Bonchev–Trinajstić information content (AvgIpc) is 2.72. The van der Waals surface area contributed by atoms with Gasteiger partial charge in [0.15, 0.2) is 0 Å². The third-order valence-electron chi connectivity index (χ3n) is 2.39. The second kappa shape index (κ2) is 5.27. The molecule has 0 aliphatic heterocycles. The molecule has 0 amide bonds. The highest BCUT2D eigenvalue weighted by atomic mass is 79.9. The van der Waals surface area contributed by atoms with E-state index in [2.05, 4.69) is 30.8 Å². The van der Waals surface area contributed by atoms with Crippen LogP contribution in [0.3, 0.4) is 0 Å². The lowest BCUT2D eigenvalue weighted by Crippen LogP contribution is -2.23. The van der Waals surface area contributed by atoms with Crippen molar-refractivity contribution in [1.29, 1.82) is 0 Å². The molecule has 0 radical (unpaired) electrons. The first-order valence-electron chi connectivity index (χ1n) is 5.12. The van der Waals surface area contributed by atoms with Gasteiger partial charge in [0.1, 0.15) is 11.6 Å². The van der Waals surface area contributed by atoms with Gasteiger partial charge in [0.2, 0.25) is 10.0 Å². The summed E-state index contributed by atoms with van der Waals surface area (Å²) in [5.74, 6) is -0.231. The minimum absolute atomic E-state index is 0.00547. The maximum absolute atomic E-state index is 12.9. The summed E-state index contributed by atoms with van der Waals surface area (Å²) in [4.78, 5) is -0.0454. The Kier molecular flexibility index (Phi) is 3.88. The van der Waals surface area contributed by atoms with Crippen LogP contribution in [-0.4, -0.2) is 18.6 Å². The minimum atomic E-state index is -3.76. The van der Waals surface area contributed by atoms with Crippen LogP contribution < -0.4 is 10.5 Å². The SMILES string of the molecule is Nc1[nH]ncc1CNS(=O)(=O)c1ccc(F)cc1Br. The number of halogens is 2. The van der Waals surface area contributed by atoms with Crippen molar-refractivity contribution < 1.29 is 12.8 Å². The molecule has 102 valence electrons. The van der Waals surface area contributed by atoms with Crippen molar-refractivity contribution in [2.75, 3.05) is 5.73 Å². The Morgan fingerprint density at radius 3 is 2.79 bits per heavy atom. The van der Waals surface area contributed by atoms with Crippen LogP contribution >= 0.6 is 15.9 Å². The average molecular weight is 349 g/mol. The van der Waals surface area contributed by atoms with Gasteiger partial charge in [0.05, 0.1) is 11.1 Å². The lowest BCUT2D eigenvalue weighted by molar-refractivity contribution is 0.580. The number of hydrogen-bond donors (Lipinski definition) is 3. The molecule has 6 nitrogen and oxygen atoms in total. The molecule has 2 rings (SSSR count). The van der Waals surface area contributed by atoms with Gasteiger partial charge in [0.25, 0.3) is 0 Å². The van der Waals surface area contributed by atoms with Crippen LogP contribution in [0.5, 0.6) is 0 Å². The molecule has 1 aromatic carbocycles. The number of H-pyrrole nitrogens is 1. The first kappa shape index (κ1) is 14.0. The molecule has 0 aliphatic carbocycles. The van der Waals surface area contributed by atoms with Gasteiger partial charge in [0, 0.05) is 16.6 Å². The molecule has 19 heavy (non-hydrogen) atoms.